The van der Waals surface area contributed by atoms with Crippen LogP contribution in [0, 0.1) is 24.7 Å². The number of fused-ring (bicyclic) bond motifs is 4. The van der Waals surface area contributed by atoms with E-state index in [1.54, 1.807) is 31.2 Å². The fraction of sp³-hybridized carbons (Fsp3) is 0.235. The highest BCUT2D eigenvalue weighted by molar-refractivity contribution is 6.32. The Morgan fingerprint density at radius 2 is 1.71 bits per heavy atom. The molecular weight excluding hydrogens is 538 g/mol. The number of hydrogen-bond acceptors (Lipinski definition) is 5. The maximum absolute atomic E-state index is 14.1. The van der Waals surface area contributed by atoms with Gasteiger partial charge < -0.3 is 5.11 Å². The number of nitrogens with zero attached hydrogens (tertiary/aromatic N) is 1. The Kier molecular flexibility index (Phi) is 5.70. The van der Waals surface area contributed by atoms with E-state index in [9.17, 15) is 24.3 Å². The van der Waals surface area contributed by atoms with Gasteiger partial charge in [0.05, 0.1) is 17.5 Å². The summed E-state index contributed by atoms with van der Waals surface area (Å²) in [5.74, 6) is -3.60. The van der Waals surface area contributed by atoms with E-state index >= 15 is 0 Å². The Bertz CT molecular complexity index is 1850. The molecule has 3 aromatic rings. The number of anilines is 1. The normalized spacial score (nSPS) is 25.7. The van der Waals surface area contributed by atoms with Crippen LogP contribution in [0.1, 0.15) is 36.8 Å². The third-order valence-electron chi connectivity index (χ3n) is 9.21. The molecule has 4 unspecified atom stereocenters. The van der Waals surface area contributed by atoms with Crippen molar-refractivity contribution in [1.82, 2.24) is 0 Å². The summed E-state index contributed by atoms with van der Waals surface area (Å²) in [6.45, 7) is 3.47. The van der Waals surface area contributed by atoms with Crippen molar-refractivity contribution >= 4 is 51.4 Å². The van der Waals surface area contributed by atoms with Gasteiger partial charge in [0.15, 0.2) is 11.6 Å². The van der Waals surface area contributed by atoms with Gasteiger partial charge in [0, 0.05) is 33.2 Å². The number of allylic oxidation sites excluding steroid dienone is 6. The van der Waals surface area contributed by atoms with Gasteiger partial charge in [-0.1, -0.05) is 59.6 Å². The lowest BCUT2D eigenvalue weighted by Gasteiger charge is -2.42. The van der Waals surface area contributed by atoms with Gasteiger partial charge in [-0.15, -0.1) is 0 Å². The first-order valence-corrected chi connectivity index (χ1v) is 14.1. The van der Waals surface area contributed by atoms with Gasteiger partial charge in [-0.3, -0.25) is 19.2 Å². The van der Waals surface area contributed by atoms with Crippen molar-refractivity contribution in [2.75, 3.05) is 4.90 Å². The molecule has 1 aliphatic heterocycles. The van der Waals surface area contributed by atoms with Crippen LogP contribution in [0.3, 0.4) is 0 Å². The lowest BCUT2D eigenvalue weighted by Crippen LogP contribution is -2.39. The van der Waals surface area contributed by atoms with E-state index < -0.39 is 23.7 Å². The van der Waals surface area contributed by atoms with E-state index in [0.29, 0.717) is 39.4 Å². The summed E-state index contributed by atoms with van der Waals surface area (Å²) in [6, 6.07) is 16.2. The molecule has 4 atom stereocenters. The van der Waals surface area contributed by atoms with Crippen molar-refractivity contribution in [3.63, 3.8) is 0 Å². The summed E-state index contributed by atoms with van der Waals surface area (Å²) in [5.41, 5.74) is 3.67. The molecule has 1 heterocycles. The van der Waals surface area contributed by atoms with Crippen molar-refractivity contribution in [2.45, 2.75) is 32.6 Å². The number of ketones is 2. The van der Waals surface area contributed by atoms with Crippen molar-refractivity contribution in [1.29, 1.82) is 0 Å². The van der Waals surface area contributed by atoms with Crippen LogP contribution in [0.15, 0.2) is 89.0 Å². The number of amides is 2. The largest absolute Gasteiger partial charge is 0.508 e. The highest BCUT2D eigenvalue weighted by Gasteiger charge is 2.57. The third kappa shape index (κ3) is 3.63. The highest BCUT2D eigenvalue weighted by atomic mass is 35.5. The van der Waals surface area contributed by atoms with Crippen LogP contribution in [0.2, 0.25) is 5.02 Å². The van der Waals surface area contributed by atoms with Crippen LogP contribution >= 0.6 is 11.6 Å². The number of phenolic OH excluding ortho intramolecular Hbond substituents is 1. The van der Waals surface area contributed by atoms with E-state index in [0.717, 1.165) is 21.9 Å². The third-order valence-corrected chi connectivity index (χ3v) is 9.62. The molecule has 1 saturated heterocycles. The Morgan fingerprint density at radius 1 is 0.927 bits per heavy atom. The van der Waals surface area contributed by atoms with E-state index in [4.69, 9.17) is 11.6 Å². The topological polar surface area (TPSA) is 91.8 Å². The quantitative estimate of drug-likeness (QED) is 0.230. The van der Waals surface area contributed by atoms with Gasteiger partial charge >= 0.3 is 0 Å². The molecule has 3 aliphatic carbocycles. The number of carbonyl (C=O) groups is 4. The summed E-state index contributed by atoms with van der Waals surface area (Å²) in [4.78, 5) is 56.2. The monoisotopic (exact) mass is 563 g/mol. The molecule has 0 bridgehead atoms. The molecule has 1 fully saturated rings. The molecule has 4 aliphatic rings. The number of Topliss-reactive ketones (excluding diaryl/α,β-unsaturated/α-hetero) is 1. The number of imide groups is 1. The molecule has 204 valence electrons. The van der Waals surface area contributed by atoms with Gasteiger partial charge in [-0.25, -0.2) is 4.90 Å². The van der Waals surface area contributed by atoms with Crippen molar-refractivity contribution < 1.29 is 24.3 Å². The van der Waals surface area contributed by atoms with Crippen molar-refractivity contribution in [3.05, 3.63) is 105 Å². The standard InChI is InChI=1S/C34H26ClNO5/c1-16-7-9-19(14-25(16)35)36-33(40)22-11-10-21-23(28(22)34(36)41)15-24-30(27(38)13-17(2)32(24)39)31(21)29-20-6-4-3-5-18(20)8-12-26(29)37/h3-10,12-14,22-23,28,31,37H,11,15H2,1-2H3. The first kappa shape index (κ1) is 25.7. The Labute approximate surface area is 241 Å². The average Bonchev–Trinajstić information content (AvgIpc) is 3.22. The van der Waals surface area contributed by atoms with Gasteiger partial charge in [0.25, 0.3) is 0 Å². The van der Waals surface area contributed by atoms with Gasteiger partial charge in [0.1, 0.15) is 5.75 Å². The minimum absolute atomic E-state index is 0.0143. The van der Waals surface area contributed by atoms with Crippen LogP contribution in [-0.4, -0.2) is 28.5 Å². The zero-order valence-corrected chi connectivity index (χ0v) is 23.2. The number of hydrogen-bond donors (Lipinski definition) is 1. The van der Waals surface area contributed by atoms with Crippen molar-refractivity contribution in [3.8, 4) is 5.75 Å². The predicted octanol–water partition coefficient (Wildman–Crippen LogP) is 6.14. The first-order chi connectivity index (χ1) is 19.7. The maximum atomic E-state index is 14.1. The molecule has 2 amide bonds. The SMILES string of the molecule is CC1=CC(=O)C2=C(CC3C(=CCC4C(=O)N(c5ccc(C)c(Cl)c5)C(=O)C43)C2c2c(O)ccc3ccccc23)C1=O. The Balaban J connectivity index is 1.42. The molecule has 7 heteroatoms. The van der Waals surface area contributed by atoms with Gasteiger partial charge in [-0.05, 0) is 73.2 Å². The number of rotatable bonds is 2. The Hall–Kier alpha value is -4.29. The molecule has 0 radical (unpaired) electrons. The fourth-order valence-electron chi connectivity index (χ4n) is 7.28. The lowest BCUT2D eigenvalue weighted by molar-refractivity contribution is -0.123. The fourth-order valence-corrected chi connectivity index (χ4v) is 7.45. The van der Waals surface area contributed by atoms with E-state index in [-0.39, 0.29) is 35.6 Å². The number of halogens is 1. The highest BCUT2D eigenvalue weighted by Crippen LogP contribution is 2.57. The molecular formula is C34H26ClNO5. The number of carbonyl (C=O) groups excluding carboxylic acids is 4. The maximum Gasteiger partial charge on any atom is 0.238 e. The molecule has 41 heavy (non-hydrogen) atoms. The van der Waals surface area contributed by atoms with E-state index in [1.165, 1.54) is 11.0 Å². The smallest absolute Gasteiger partial charge is 0.238 e. The van der Waals surface area contributed by atoms with Crippen LogP contribution in [0.5, 0.6) is 5.75 Å². The second-order valence-corrected chi connectivity index (χ2v) is 11.8. The van der Waals surface area contributed by atoms with Crippen LogP contribution in [-0.2, 0) is 19.2 Å². The predicted molar refractivity (Wildman–Crippen MR) is 156 cm³/mol. The molecule has 0 saturated carbocycles. The zero-order valence-electron chi connectivity index (χ0n) is 22.5. The molecule has 7 rings (SSSR count). The summed E-state index contributed by atoms with van der Waals surface area (Å²) < 4.78 is 0. The van der Waals surface area contributed by atoms with E-state index in [1.807, 2.05) is 43.3 Å². The average molecular weight is 564 g/mol. The molecule has 1 N–H and O–H groups in total. The van der Waals surface area contributed by atoms with Gasteiger partial charge in [0.2, 0.25) is 11.8 Å². The molecule has 3 aromatic carbocycles. The van der Waals surface area contributed by atoms with Crippen LogP contribution in [0.25, 0.3) is 10.8 Å². The molecule has 6 nitrogen and oxygen atoms in total. The van der Waals surface area contributed by atoms with E-state index in [2.05, 4.69) is 0 Å². The van der Waals surface area contributed by atoms with Crippen LogP contribution < -0.4 is 4.90 Å². The molecule has 0 aromatic heterocycles. The minimum atomic E-state index is -0.720. The van der Waals surface area contributed by atoms with Crippen molar-refractivity contribution in [2.24, 2.45) is 17.8 Å². The molecule has 0 spiro atoms. The Morgan fingerprint density at radius 3 is 2.49 bits per heavy atom. The number of aryl methyl sites for hydroxylation is 1. The van der Waals surface area contributed by atoms with Gasteiger partial charge in [-0.2, -0.15) is 0 Å². The summed E-state index contributed by atoms with van der Waals surface area (Å²) >= 11 is 6.36. The summed E-state index contributed by atoms with van der Waals surface area (Å²) in [5, 5.41) is 13.4. The second kappa shape index (κ2) is 9.11. The summed E-state index contributed by atoms with van der Waals surface area (Å²) in [6.07, 6.45) is 3.83. The zero-order chi connectivity index (χ0) is 28.7. The number of benzene rings is 3. The van der Waals surface area contributed by atoms with Crippen LogP contribution in [0.4, 0.5) is 5.69 Å². The minimum Gasteiger partial charge on any atom is -0.508 e. The lowest BCUT2D eigenvalue weighted by atomic mass is 9.59. The number of aromatic hydroxyl groups is 1. The summed E-state index contributed by atoms with van der Waals surface area (Å²) in [7, 11) is 0. The second-order valence-electron chi connectivity index (χ2n) is 11.4. The first-order valence-electron chi connectivity index (χ1n) is 13.7. The number of phenols is 1.